The molecule has 0 saturated carbocycles. The summed E-state index contributed by atoms with van der Waals surface area (Å²) in [6.45, 7) is 0.962. The Bertz CT molecular complexity index is 1450. The number of alkyl halides is 2. The highest BCUT2D eigenvalue weighted by Gasteiger charge is 2.19. The number of aromatic nitrogens is 5. The zero-order valence-corrected chi connectivity index (χ0v) is 18.2. The first-order valence-corrected chi connectivity index (χ1v) is 11.0. The molecule has 0 fully saturated rings. The lowest BCUT2D eigenvalue weighted by atomic mass is 9.98. The van der Waals surface area contributed by atoms with Crippen molar-refractivity contribution < 1.29 is 17.6 Å². The third-order valence-corrected chi connectivity index (χ3v) is 6.35. The summed E-state index contributed by atoms with van der Waals surface area (Å²) < 4.78 is 58.1. The predicted octanol–water partition coefficient (Wildman–Crippen LogP) is 5.94. The van der Waals surface area contributed by atoms with E-state index in [1.807, 2.05) is 0 Å². The Hall–Kier alpha value is -3.86. The smallest absolute Gasteiger partial charge is 0.264 e. The average molecular weight is 484 g/mol. The first-order chi connectivity index (χ1) is 16.5. The van der Waals surface area contributed by atoms with Crippen LogP contribution < -0.4 is 5.32 Å². The van der Waals surface area contributed by atoms with Crippen molar-refractivity contribution in [2.75, 3.05) is 11.9 Å². The van der Waals surface area contributed by atoms with Gasteiger partial charge in [0.15, 0.2) is 5.82 Å². The van der Waals surface area contributed by atoms with Gasteiger partial charge in [0.1, 0.15) is 11.5 Å². The molecule has 3 heterocycles. The lowest BCUT2D eigenvalue weighted by Crippen LogP contribution is -2.13. The second-order valence-electron chi connectivity index (χ2n) is 7.35. The van der Waals surface area contributed by atoms with Crippen LogP contribution in [0.3, 0.4) is 0 Å². The van der Waals surface area contributed by atoms with Gasteiger partial charge in [0.2, 0.25) is 5.95 Å². The first-order valence-electron chi connectivity index (χ1n) is 10.2. The summed E-state index contributed by atoms with van der Waals surface area (Å²) in [5, 5.41) is 11.3. The van der Waals surface area contributed by atoms with Gasteiger partial charge in [0.25, 0.3) is 6.43 Å². The third-order valence-electron chi connectivity index (χ3n) is 5.16. The molecule has 0 saturated heterocycles. The molecule has 2 aromatic carbocycles. The van der Waals surface area contributed by atoms with Gasteiger partial charge in [-0.3, -0.25) is 4.68 Å². The van der Waals surface area contributed by atoms with Crippen LogP contribution in [-0.2, 0) is 6.54 Å². The molecule has 0 radical (unpaired) electrons. The lowest BCUT2D eigenvalue weighted by molar-refractivity contribution is 0.152. The van der Waals surface area contributed by atoms with E-state index in [1.54, 1.807) is 41.3 Å². The Labute approximate surface area is 194 Å². The molecule has 5 aromatic rings. The normalized spacial score (nSPS) is 11.4. The SMILES string of the molecule is Fc1ccc(C(F)F)c(-c2cccc3cc(-c4nc(NCCn5ccnn5)ncc4F)sc23)c1. The van der Waals surface area contributed by atoms with Crippen LogP contribution in [0, 0.1) is 11.6 Å². The number of thiophene rings is 1. The van der Waals surface area contributed by atoms with E-state index in [2.05, 4.69) is 25.6 Å². The summed E-state index contributed by atoms with van der Waals surface area (Å²) in [6.07, 6.45) is 1.59. The van der Waals surface area contributed by atoms with Crippen LogP contribution in [0.15, 0.2) is 61.1 Å². The molecule has 172 valence electrons. The second kappa shape index (κ2) is 9.18. The number of anilines is 1. The van der Waals surface area contributed by atoms with Crippen LogP contribution in [-0.4, -0.2) is 31.5 Å². The summed E-state index contributed by atoms with van der Waals surface area (Å²) in [5.74, 6) is -0.995. The van der Waals surface area contributed by atoms with Crippen LogP contribution in [0.1, 0.15) is 12.0 Å². The number of rotatable bonds is 7. The van der Waals surface area contributed by atoms with Crippen LogP contribution in [0.4, 0.5) is 23.5 Å². The number of halogens is 4. The van der Waals surface area contributed by atoms with Gasteiger partial charge in [-0.25, -0.2) is 27.5 Å². The zero-order valence-electron chi connectivity index (χ0n) is 17.4. The Balaban J connectivity index is 1.51. The van der Waals surface area contributed by atoms with Crippen molar-refractivity contribution in [3.63, 3.8) is 0 Å². The van der Waals surface area contributed by atoms with Gasteiger partial charge >= 0.3 is 0 Å². The fourth-order valence-corrected chi connectivity index (χ4v) is 4.78. The van der Waals surface area contributed by atoms with Crippen molar-refractivity contribution in [1.29, 1.82) is 0 Å². The summed E-state index contributed by atoms with van der Waals surface area (Å²) in [4.78, 5) is 8.78. The highest BCUT2D eigenvalue weighted by molar-refractivity contribution is 7.22. The van der Waals surface area contributed by atoms with E-state index in [9.17, 15) is 17.6 Å². The van der Waals surface area contributed by atoms with Gasteiger partial charge in [-0.05, 0) is 35.2 Å². The van der Waals surface area contributed by atoms with Gasteiger partial charge in [-0.2, -0.15) is 0 Å². The summed E-state index contributed by atoms with van der Waals surface area (Å²) >= 11 is 1.20. The maximum absolute atomic E-state index is 14.7. The summed E-state index contributed by atoms with van der Waals surface area (Å²) in [5.41, 5.74) is 0.367. The standard InChI is InChI=1S/C23H16F4N6S/c24-14-4-5-16(22(26)27)17(11-14)15-3-1-2-13-10-19(34-21(13)15)20-18(25)12-29-23(31-20)28-6-8-33-9-7-30-32-33/h1-5,7,9-12,22H,6,8H2,(H,28,29,31). The molecule has 0 aliphatic carbocycles. The minimum Gasteiger partial charge on any atom is -0.352 e. The lowest BCUT2D eigenvalue weighted by Gasteiger charge is -2.10. The minimum absolute atomic E-state index is 0.0822. The maximum Gasteiger partial charge on any atom is 0.264 e. The topological polar surface area (TPSA) is 68.5 Å². The molecular formula is C23H16F4N6S. The molecule has 5 rings (SSSR count). The number of hydrogen-bond donors (Lipinski definition) is 1. The highest BCUT2D eigenvalue weighted by Crippen LogP contribution is 2.42. The van der Waals surface area contributed by atoms with Gasteiger partial charge < -0.3 is 5.32 Å². The molecule has 6 nitrogen and oxygen atoms in total. The number of hydrogen-bond acceptors (Lipinski definition) is 6. The van der Waals surface area contributed by atoms with Crippen molar-refractivity contribution in [3.05, 3.63) is 78.3 Å². The van der Waals surface area contributed by atoms with E-state index in [0.29, 0.717) is 33.6 Å². The Kier molecular flexibility index (Phi) is 5.93. The van der Waals surface area contributed by atoms with Crippen molar-refractivity contribution in [2.45, 2.75) is 13.0 Å². The van der Waals surface area contributed by atoms with E-state index < -0.39 is 18.1 Å². The number of fused-ring (bicyclic) bond motifs is 1. The summed E-state index contributed by atoms with van der Waals surface area (Å²) in [7, 11) is 0. The van der Waals surface area contributed by atoms with Crippen molar-refractivity contribution in [1.82, 2.24) is 25.0 Å². The molecule has 0 spiro atoms. The van der Waals surface area contributed by atoms with Gasteiger partial charge in [0.05, 0.1) is 23.8 Å². The average Bonchev–Trinajstić information content (AvgIpc) is 3.49. The Morgan fingerprint density at radius 2 is 1.94 bits per heavy atom. The van der Waals surface area contributed by atoms with Gasteiger partial charge in [-0.15, -0.1) is 16.4 Å². The van der Waals surface area contributed by atoms with Crippen LogP contribution in [0.2, 0.25) is 0 Å². The van der Waals surface area contributed by atoms with E-state index in [4.69, 9.17) is 0 Å². The molecular weight excluding hydrogens is 468 g/mol. The fraction of sp³-hybridized carbons (Fsp3) is 0.130. The molecule has 0 aliphatic heterocycles. The highest BCUT2D eigenvalue weighted by atomic mass is 32.1. The maximum atomic E-state index is 14.7. The molecule has 0 unspecified atom stereocenters. The third kappa shape index (κ3) is 4.34. The fourth-order valence-electron chi connectivity index (χ4n) is 3.60. The molecule has 0 atom stereocenters. The molecule has 0 amide bonds. The van der Waals surface area contributed by atoms with Crippen molar-refractivity contribution in [2.24, 2.45) is 0 Å². The number of nitrogens with zero attached hydrogens (tertiary/aromatic N) is 5. The molecule has 0 aliphatic rings. The van der Waals surface area contributed by atoms with E-state index in [0.717, 1.165) is 24.4 Å². The molecule has 1 N–H and O–H groups in total. The number of benzene rings is 2. The first kappa shape index (κ1) is 22.0. The zero-order chi connectivity index (χ0) is 23.7. The van der Waals surface area contributed by atoms with Gasteiger partial charge in [-0.1, -0.05) is 23.4 Å². The molecule has 0 bridgehead atoms. The monoisotopic (exact) mass is 484 g/mol. The van der Waals surface area contributed by atoms with Crippen molar-refractivity contribution >= 4 is 27.4 Å². The molecule has 34 heavy (non-hydrogen) atoms. The molecule has 3 aromatic heterocycles. The second-order valence-corrected chi connectivity index (χ2v) is 8.40. The predicted molar refractivity (Wildman–Crippen MR) is 122 cm³/mol. The minimum atomic E-state index is -2.77. The van der Waals surface area contributed by atoms with Crippen LogP contribution in [0.25, 0.3) is 31.8 Å². The van der Waals surface area contributed by atoms with E-state index in [-0.39, 0.29) is 22.8 Å². The van der Waals surface area contributed by atoms with Crippen LogP contribution >= 0.6 is 11.3 Å². The van der Waals surface area contributed by atoms with Crippen molar-refractivity contribution in [3.8, 4) is 21.7 Å². The Morgan fingerprint density at radius 3 is 2.74 bits per heavy atom. The van der Waals surface area contributed by atoms with E-state index >= 15 is 0 Å². The quantitative estimate of drug-likeness (QED) is 0.290. The Morgan fingerprint density at radius 1 is 1.06 bits per heavy atom. The molecule has 11 heteroatoms. The van der Waals surface area contributed by atoms with Crippen LogP contribution in [0.5, 0.6) is 0 Å². The number of nitrogens with one attached hydrogen (secondary N) is 1. The largest absolute Gasteiger partial charge is 0.352 e. The van der Waals surface area contributed by atoms with Gasteiger partial charge in [0, 0.05) is 28.6 Å². The summed E-state index contributed by atoms with van der Waals surface area (Å²) in [6, 6.07) is 10.1. The van der Waals surface area contributed by atoms with E-state index in [1.165, 1.54) is 11.3 Å².